The van der Waals surface area contributed by atoms with Crippen molar-refractivity contribution in [3.8, 4) is 34.5 Å². The first-order chi connectivity index (χ1) is 20.7. The van der Waals surface area contributed by atoms with Gasteiger partial charge in [0.2, 0.25) is 11.5 Å². The van der Waals surface area contributed by atoms with Crippen LogP contribution >= 0.6 is 0 Å². The third-order valence-electron chi connectivity index (χ3n) is 6.22. The Hall–Kier alpha value is -4.72. The van der Waals surface area contributed by atoms with Gasteiger partial charge in [0.15, 0.2) is 23.0 Å². The molecule has 0 atom stereocenters. The number of hydrogen-bond acceptors (Lipinski definition) is 8. The maximum atomic E-state index is 12.5. The quantitative estimate of drug-likeness (QED) is 0.0784. The fourth-order valence-electron chi connectivity index (χ4n) is 4.43. The average molecular weight is 589 g/mol. The fourth-order valence-corrected chi connectivity index (χ4v) is 4.43. The second-order valence-corrected chi connectivity index (χ2v) is 9.54. The zero-order valence-corrected chi connectivity index (χ0v) is 25.8. The van der Waals surface area contributed by atoms with E-state index >= 15 is 0 Å². The molecule has 0 spiro atoms. The summed E-state index contributed by atoms with van der Waals surface area (Å²) in [6.07, 6.45) is 0. The first kappa shape index (κ1) is 32.8. The van der Waals surface area contributed by atoms with Crippen LogP contribution in [-0.2, 0) is 9.59 Å². The van der Waals surface area contributed by atoms with Crippen LogP contribution in [0.5, 0.6) is 34.5 Å². The van der Waals surface area contributed by atoms with Gasteiger partial charge in [-0.1, -0.05) is 55.6 Å². The van der Waals surface area contributed by atoms with E-state index in [0.29, 0.717) is 49.4 Å². The van der Waals surface area contributed by atoms with E-state index in [-0.39, 0.29) is 22.6 Å². The molecule has 3 aromatic carbocycles. The van der Waals surface area contributed by atoms with E-state index in [2.05, 4.69) is 13.2 Å². The molecule has 0 aliphatic heterocycles. The van der Waals surface area contributed by atoms with Gasteiger partial charge in [-0.15, -0.1) is 0 Å². The molecule has 8 heteroatoms. The van der Waals surface area contributed by atoms with E-state index in [0.717, 1.165) is 16.7 Å². The molecule has 0 N–H and O–H groups in total. The zero-order chi connectivity index (χ0) is 31.5. The maximum Gasteiger partial charge on any atom is 0.338 e. The lowest BCUT2D eigenvalue weighted by Gasteiger charge is -2.27. The standard InChI is InChI=1S/C35H40O8/c1-9-38-30-25(18-20-27(32(30)40-11-3)42-34(36)22(5)6)29(24-16-14-13-15-17-24)26-19-21-28(43-35(37)23(7)8)33(41-12-4)31(26)39-10-2/h13-21,29H,5,7,9-12H2,1-4,6,8H3. The number of carbonyl (C=O) groups excluding carboxylic acids is 2. The molecule has 0 heterocycles. The molecule has 0 aliphatic carbocycles. The van der Waals surface area contributed by atoms with Gasteiger partial charge in [0, 0.05) is 28.2 Å². The molecule has 228 valence electrons. The molecular weight excluding hydrogens is 548 g/mol. The summed E-state index contributed by atoms with van der Waals surface area (Å²) in [7, 11) is 0. The van der Waals surface area contributed by atoms with Crippen molar-refractivity contribution in [3.05, 3.63) is 95.6 Å². The smallest absolute Gasteiger partial charge is 0.338 e. The highest BCUT2D eigenvalue weighted by atomic mass is 16.6. The summed E-state index contributed by atoms with van der Waals surface area (Å²) in [6, 6.07) is 16.9. The molecule has 3 aromatic rings. The monoisotopic (exact) mass is 588 g/mol. The molecule has 8 nitrogen and oxygen atoms in total. The van der Waals surface area contributed by atoms with Crippen molar-refractivity contribution >= 4 is 11.9 Å². The van der Waals surface area contributed by atoms with Crippen LogP contribution in [0.4, 0.5) is 0 Å². The molecule has 0 bridgehead atoms. The van der Waals surface area contributed by atoms with E-state index < -0.39 is 17.9 Å². The molecule has 0 saturated carbocycles. The molecule has 3 rings (SSSR count). The number of carbonyl (C=O) groups is 2. The van der Waals surface area contributed by atoms with Gasteiger partial charge in [-0.3, -0.25) is 0 Å². The van der Waals surface area contributed by atoms with Gasteiger partial charge < -0.3 is 28.4 Å². The van der Waals surface area contributed by atoms with E-state index in [1.165, 1.54) is 0 Å². The van der Waals surface area contributed by atoms with Crippen LogP contribution in [0.1, 0.15) is 64.2 Å². The first-order valence-corrected chi connectivity index (χ1v) is 14.3. The Labute approximate surface area is 253 Å². The molecule has 0 fully saturated rings. The molecule has 0 unspecified atom stereocenters. The minimum absolute atomic E-state index is 0.218. The van der Waals surface area contributed by atoms with Crippen LogP contribution in [0, 0.1) is 0 Å². The van der Waals surface area contributed by atoms with Crippen molar-refractivity contribution in [2.75, 3.05) is 26.4 Å². The lowest BCUT2D eigenvalue weighted by atomic mass is 9.83. The highest BCUT2D eigenvalue weighted by molar-refractivity contribution is 5.90. The summed E-state index contributed by atoms with van der Waals surface area (Å²) < 4.78 is 35.8. The maximum absolute atomic E-state index is 12.5. The normalized spacial score (nSPS) is 10.6. The largest absolute Gasteiger partial charge is 0.490 e. The van der Waals surface area contributed by atoms with Gasteiger partial charge in [0.25, 0.3) is 0 Å². The lowest BCUT2D eigenvalue weighted by Crippen LogP contribution is -2.14. The van der Waals surface area contributed by atoms with Crippen LogP contribution in [0.3, 0.4) is 0 Å². The van der Waals surface area contributed by atoms with Gasteiger partial charge in [-0.25, -0.2) is 9.59 Å². The second kappa shape index (κ2) is 15.5. The highest BCUT2D eigenvalue weighted by Gasteiger charge is 2.31. The Bertz CT molecular complexity index is 1370. The van der Waals surface area contributed by atoms with Crippen LogP contribution in [0.15, 0.2) is 78.9 Å². The third-order valence-corrected chi connectivity index (χ3v) is 6.22. The minimum atomic E-state index is -0.573. The van der Waals surface area contributed by atoms with Crippen LogP contribution < -0.4 is 28.4 Å². The van der Waals surface area contributed by atoms with Crippen molar-refractivity contribution in [2.45, 2.75) is 47.5 Å². The summed E-state index contributed by atoms with van der Waals surface area (Å²) in [5, 5.41) is 0. The van der Waals surface area contributed by atoms with Gasteiger partial charge in [-0.2, -0.15) is 0 Å². The van der Waals surface area contributed by atoms with Crippen molar-refractivity contribution in [1.29, 1.82) is 0 Å². The Morgan fingerprint density at radius 2 is 0.953 bits per heavy atom. The number of hydrogen-bond donors (Lipinski definition) is 0. The molecule has 0 aromatic heterocycles. The number of rotatable bonds is 15. The minimum Gasteiger partial charge on any atom is -0.490 e. The third kappa shape index (κ3) is 7.77. The number of benzene rings is 3. The van der Waals surface area contributed by atoms with Crippen molar-refractivity contribution in [1.82, 2.24) is 0 Å². The summed E-state index contributed by atoms with van der Waals surface area (Å²) in [4.78, 5) is 25.0. The average Bonchev–Trinajstić information content (AvgIpc) is 2.98. The van der Waals surface area contributed by atoms with Crippen LogP contribution in [0.2, 0.25) is 0 Å². The fraction of sp³-hybridized carbons (Fsp3) is 0.314. The summed E-state index contributed by atoms with van der Waals surface area (Å²) in [6.45, 7) is 19.2. The Morgan fingerprint density at radius 3 is 1.30 bits per heavy atom. The predicted molar refractivity (Wildman–Crippen MR) is 166 cm³/mol. The van der Waals surface area contributed by atoms with Gasteiger partial charge >= 0.3 is 11.9 Å². The van der Waals surface area contributed by atoms with Crippen LogP contribution in [-0.4, -0.2) is 38.4 Å². The zero-order valence-electron chi connectivity index (χ0n) is 25.8. The summed E-state index contributed by atoms with van der Waals surface area (Å²) in [5.41, 5.74) is 2.91. The molecule has 0 saturated heterocycles. The van der Waals surface area contributed by atoms with Crippen molar-refractivity contribution in [2.24, 2.45) is 0 Å². The summed E-state index contributed by atoms with van der Waals surface area (Å²) >= 11 is 0. The topological polar surface area (TPSA) is 89.5 Å². The van der Waals surface area contributed by atoms with E-state index in [1.54, 1.807) is 26.0 Å². The second-order valence-electron chi connectivity index (χ2n) is 9.54. The molecule has 0 radical (unpaired) electrons. The van der Waals surface area contributed by atoms with E-state index in [9.17, 15) is 9.59 Å². The van der Waals surface area contributed by atoms with Gasteiger partial charge in [-0.05, 0) is 59.2 Å². The van der Waals surface area contributed by atoms with Gasteiger partial charge in [0.1, 0.15) is 0 Å². The Morgan fingerprint density at radius 1 is 0.581 bits per heavy atom. The Balaban J connectivity index is 2.39. The molecule has 43 heavy (non-hydrogen) atoms. The predicted octanol–water partition coefficient (Wildman–Crippen LogP) is 7.42. The van der Waals surface area contributed by atoms with Crippen molar-refractivity contribution in [3.63, 3.8) is 0 Å². The van der Waals surface area contributed by atoms with Crippen LogP contribution in [0.25, 0.3) is 0 Å². The first-order valence-electron chi connectivity index (χ1n) is 14.3. The van der Waals surface area contributed by atoms with Crippen molar-refractivity contribution < 1.29 is 38.0 Å². The highest BCUT2D eigenvalue weighted by Crippen LogP contribution is 2.51. The molecule has 0 amide bonds. The lowest BCUT2D eigenvalue weighted by molar-refractivity contribution is -0.131. The summed E-state index contributed by atoms with van der Waals surface area (Å²) in [5.74, 6) is 0.268. The molecule has 0 aliphatic rings. The number of esters is 2. The van der Waals surface area contributed by atoms with E-state index in [1.807, 2.05) is 70.2 Å². The molecular formula is C35H40O8. The number of ether oxygens (including phenoxy) is 6. The SMILES string of the molecule is C=C(C)C(=O)Oc1ccc(C(c2ccccc2)c2ccc(OC(=O)C(=C)C)c(OCC)c2OCC)c(OCC)c1OCC. The van der Waals surface area contributed by atoms with Gasteiger partial charge in [0.05, 0.1) is 26.4 Å². The van der Waals surface area contributed by atoms with E-state index in [4.69, 9.17) is 28.4 Å². The Kier molecular flexibility index (Phi) is 11.8.